The molecule has 0 spiro atoms. The second kappa shape index (κ2) is 9.77. The van der Waals surface area contributed by atoms with Gasteiger partial charge in [0.25, 0.3) is 0 Å². The van der Waals surface area contributed by atoms with Crippen LogP contribution in [0.5, 0.6) is 11.5 Å². The highest BCUT2D eigenvalue weighted by molar-refractivity contribution is 5.95. The van der Waals surface area contributed by atoms with Crippen molar-refractivity contribution in [2.24, 2.45) is 0 Å². The highest BCUT2D eigenvalue weighted by atomic mass is 16.5. The van der Waals surface area contributed by atoms with Crippen LogP contribution in [0.15, 0.2) is 18.2 Å². The second-order valence-electron chi connectivity index (χ2n) is 5.77. The number of imide groups is 1. The van der Waals surface area contributed by atoms with Crippen LogP contribution in [0.3, 0.4) is 0 Å². The number of hydrogen-bond acceptors (Lipinski definition) is 5. The average molecular weight is 337 g/mol. The highest BCUT2D eigenvalue weighted by Gasteiger charge is 2.12. The number of benzene rings is 1. The number of carbonyl (C=O) groups excluding carboxylic acids is 2. The number of carbonyl (C=O) groups is 2. The van der Waals surface area contributed by atoms with Crippen LogP contribution in [0.1, 0.15) is 26.3 Å². The molecule has 0 aromatic heterocycles. The standard InChI is InChI=1S/C17H27N3O4/c1-6-24-14-8-7-13(9-15(14)23-5)10-20(4)11-16(21)19-17(22)18-12(2)3/h7-9,12H,6,10-11H2,1-5H3,(H2,18,19,21,22). The minimum absolute atomic E-state index is 0.0214. The Balaban J connectivity index is 2.56. The first-order valence-corrected chi connectivity index (χ1v) is 7.94. The molecule has 24 heavy (non-hydrogen) atoms. The molecule has 0 atom stereocenters. The van der Waals surface area contributed by atoms with E-state index in [4.69, 9.17) is 9.47 Å². The monoisotopic (exact) mass is 337 g/mol. The van der Waals surface area contributed by atoms with Gasteiger partial charge in [-0.25, -0.2) is 4.79 Å². The lowest BCUT2D eigenvalue weighted by Crippen LogP contribution is -2.45. The lowest BCUT2D eigenvalue weighted by molar-refractivity contribution is -0.120. The summed E-state index contributed by atoms with van der Waals surface area (Å²) in [5.74, 6) is 0.992. The van der Waals surface area contributed by atoms with Crippen molar-refractivity contribution in [2.75, 3.05) is 27.3 Å². The van der Waals surface area contributed by atoms with Crippen LogP contribution in [0, 0.1) is 0 Å². The third kappa shape index (κ3) is 6.87. The molecule has 2 N–H and O–H groups in total. The molecule has 0 fully saturated rings. The Kier molecular flexibility index (Phi) is 8.05. The van der Waals surface area contributed by atoms with E-state index in [9.17, 15) is 9.59 Å². The number of nitrogens with zero attached hydrogens (tertiary/aromatic N) is 1. The van der Waals surface area contributed by atoms with E-state index in [0.717, 1.165) is 5.56 Å². The molecule has 1 rings (SSSR count). The molecule has 0 aliphatic rings. The van der Waals surface area contributed by atoms with Crippen LogP contribution in [0.4, 0.5) is 4.79 Å². The summed E-state index contributed by atoms with van der Waals surface area (Å²) in [5.41, 5.74) is 0.984. The summed E-state index contributed by atoms with van der Waals surface area (Å²) in [4.78, 5) is 25.1. The number of rotatable bonds is 8. The molecule has 0 saturated heterocycles. The lowest BCUT2D eigenvalue weighted by Gasteiger charge is -2.18. The maximum Gasteiger partial charge on any atom is 0.321 e. The molecule has 0 saturated carbocycles. The third-order valence-corrected chi connectivity index (χ3v) is 3.07. The molecular weight excluding hydrogens is 310 g/mol. The summed E-state index contributed by atoms with van der Waals surface area (Å²) < 4.78 is 10.8. The zero-order chi connectivity index (χ0) is 18.1. The molecule has 7 heteroatoms. The summed E-state index contributed by atoms with van der Waals surface area (Å²) in [7, 11) is 3.40. The molecule has 1 aromatic rings. The van der Waals surface area contributed by atoms with Gasteiger partial charge in [-0.1, -0.05) is 6.07 Å². The normalized spacial score (nSPS) is 10.6. The van der Waals surface area contributed by atoms with E-state index in [-0.39, 0.29) is 18.5 Å². The van der Waals surface area contributed by atoms with E-state index in [2.05, 4.69) is 10.6 Å². The molecule has 3 amide bonds. The summed E-state index contributed by atoms with van der Waals surface area (Å²) in [6.45, 7) is 6.79. The van der Waals surface area contributed by atoms with Gasteiger partial charge < -0.3 is 14.8 Å². The van der Waals surface area contributed by atoms with E-state index in [1.807, 2.05) is 50.9 Å². The van der Waals surface area contributed by atoms with Gasteiger partial charge in [0.05, 0.1) is 20.3 Å². The fraction of sp³-hybridized carbons (Fsp3) is 0.529. The number of nitrogens with one attached hydrogen (secondary N) is 2. The molecule has 0 aliphatic carbocycles. The minimum Gasteiger partial charge on any atom is -0.493 e. The molecule has 1 aromatic carbocycles. The Labute approximate surface area is 143 Å². The molecule has 0 bridgehead atoms. The summed E-state index contributed by atoms with van der Waals surface area (Å²) in [6.07, 6.45) is 0. The fourth-order valence-electron chi connectivity index (χ4n) is 2.16. The van der Waals surface area contributed by atoms with E-state index in [0.29, 0.717) is 24.7 Å². The van der Waals surface area contributed by atoms with Crippen molar-refractivity contribution < 1.29 is 19.1 Å². The first-order valence-electron chi connectivity index (χ1n) is 7.94. The number of likely N-dealkylation sites (N-methyl/N-ethyl adjacent to an activating group) is 1. The van der Waals surface area contributed by atoms with Crippen LogP contribution in [-0.2, 0) is 11.3 Å². The maximum atomic E-state index is 11.8. The Morgan fingerprint density at radius 2 is 1.96 bits per heavy atom. The molecular formula is C17H27N3O4. The lowest BCUT2D eigenvalue weighted by atomic mass is 10.2. The van der Waals surface area contributed by atoms with Gasteiger partial charge in [-0.05, 0) is 45.5 Å². The predicted octanol–water partition coefficient (Wildman–Crippen LogP) is 1.76. The Bertz CT molecular complexity index is 561. The van der Waals surface area contributed by atoms with E-state index >= 15 is 0 Å². The van der Waals surface area contributed by atoms with Crippen molar-refractivity contribution in [1.29, 1.82) is 0 Å². The molecule has 134 valence electrons. The Morgan fingerprint density at radius 3 is 2.54 bits per heavy atom. The number of methoxy groups -OCH3 is 1. The first-order chi connectivity index (χ1) is 11.3. The summed E-state index contributed by atoms with van der Waals surface area (Å²) >= 11 is 0. The maximum absolute atomic E-state index is 11.8. The van der Waals surface area contributed by atoms with Crippen LogP contribution in [0.2, 0.25) is 0 Å². The van der Waals surface area contributed by atoms with Gasteiger partial charge in [0, 0.05) is 12.6 Å². The van der Waals surface area contributed by atoms with Gasteiger partial charge in [0.15, 0.2) is 11.5 Å². The first kappa shape index (κ1) is 19.8. The largest absolute Gasteiger partial charge is 0.493 e. The molecule has 0 radical (unpaired) electrons. The number of ether oxygens (including phenoxy) is 2. The van der Waals surface area contributed by atoms with Crippen LogP contribution in [0.25, 0.3) is 0 Å². The van der Waals surface area contributed by atoms with Crippen LogP contribution in [-0.4, -0.2) is 50.2 Å². The number of amides is 3. The van der Waals surface area contributed by atoms with Crippen molar-refractivity contribution in [3.05, 3.63) is 23.8 Å². The molecule has 0 aliphatic heterocycles. The van der Waals surface area contributed by atoms with Gasteiger partial charge in [0.2, 0.25) is 5.91 Å². The molecule has 7 nitrogen and oxygen atoms in total. The average Bonchev–Trinajstić information content (AvgIpc) is 2.47. The summed E-state index contributed by atoms with van der Waals surface area (Å²) in [6, 6.07) is 5.15. The predicted molar refractivity (Wildman–Crippen MR) is 92.3 cm³/mol. The van der Waals surface area contributed by atoms with Crippen molar-refractivity contribution >= 4 is 11.9 Å². The molecule has 0 heterocycles. The van der Waals surface area contributed by atoms with Crippen molar-refractivity contribution in [3.8, 4) is 11.5 Å². The van der Waals surface area contributed by atoms with Crippen LogP contribution >= 0.6 is 0 Å². The Hall–Kier alpha value is -2.28. The zero-order valence-corrected chi connectivity index (χ0v) is 15.0. The SMILES string of the molecule is CCOc1ccc(CN(C)CC(=O)NC(=O)NC(C)C)cc1OC. The van der Waals surface area contributed by atoms with Gasteiger partial charge in [-0.2, -0.15) is 0 Å². The number of urea groups is 1. The Morgan fingerprint density at radius 1 is 1.25 bits per heavy atom. The highest BCUT2D eigenvalue weighted by Crippen LogP contribution is 2.28. The van der Waals surface area contributed by atoms with Crippen LogP contribution < -0.4 is 20.1 Å². The van der Waals surface area contributed by atoms with Gasteiger partial charge in [-0.3, -0.25) is 15.0 Å². The topological polar surface area (TPSA) is 79.9 Å². The van der Waals surface area contributed by atoms with E-state index in [1.54, 1.807) is 7.11 Å². The van der Waals surface area contributed by atoms with Crippen molar-refractivity contribution in [1.82, 2.24) is 15.5 Å². The smallest absolute Gasteiger partial charge is 0.321 e. The second-order valence-corrected chi connectivity index (χ2v) is 5.77. The van der Waals surface area contributed by atoms with Gasteiger partial charge in [0.1, 0.15) is 0 Å². The minimum atomic E-state index is -0.480. The number of hydrogen-bond donors (Lipinski definition) is 2. The quantitative estimate of drug-likeness (QED) is 0.756. The molecule has 0 unspecified atom stereocenters. The van der Waals surface area contributed by atoms with Gasteiger partial charge >= 0.3 is 6.03 Å². The van der Waals surface area contributed by atoms with Crippen molar-refractivity contribution in [2.45, 2.75) is 33.4 Å². The van der Waals surface area contributed by atoms with E-state index in [1.165, 1.54) is 0 Å². The zero-order valence-electron chi connectivity index (χ0n) is 15.0. The van der Waals surface area contributed by atoms with E-state index < -0.39 is 6.03 Å². The third-order valence-electron chi connectivity index (χ3n) is 3.07. The van der Waals surface area contributed by atoms with Crippen molar-refractivity contribution in [3.63, 3.8) is 0 Å². The fourth-order valence-corrected chi connectivity index (χ4v) is 2.16. The summed E-state index contributed by atoms with van der Waals surface area (Å²) in [5, 5.41) is 4.91. The van der Waals surface area contributed by atoms with Gasteiger partial charge in [-0.15, -0.1) is 0 Å².